The molecule has 1 aliphatic heterocycles. The van der Waals surface area contributed by atoms with Crippen LogP contribution in [0.2, 0.25) is 0 Å². The molecule has 7 heteroatoms. The van der Waals surface area contributed by atoms with Crippen molar-refractivity contribution in [2.75, 3.05) is 10.6 Å². The monoisotopic (exact) mass is 454 g/mol. The van der Waals surface area contributed by atoms with E-state index in [0.29, 0.717) is 16.9 Å². The Morgan fingerprint density at radius 3 is 2.59 bits per heavy atom. The van der Waals surface area contributed by atoms with Crippen molar-refractivity contribution in [3.63, 3.8) is 0 Å². The first-order valence-corrected chi connectivity index (χ1v) is 10.5. The maximum absolute atomic E-state index is 12.9. The lowest BCUT2D eigenvalue weighted by Gasteiger charge is -2.23. The van der Waals surface area contributed by atoms with Gasteiger partial charge in [-0.2, -0.15) is 0 Å². The highest BCUT2D eigenvalue weighted by Gasteiger charge is 2.63. The number of anilines is 2. The van der Waals surface area contributed by atoms with Crippen LogP contribution in [-0.2, 0) is 14.3 Å². The molecule has 5 rings (SSSR count). The average Bonchev–Trinajstić information content (AvgIpc) is 3.32. The summed E-state index contributed by atoms with van der Waals surface area (Å²) in [5.74, 6) is -0.927. The number of carbonyl (C=O) groups is 3. The third-order valence-corrected chi connectivity index (χ3v) is 6.81. The fourth-order valence-corrected chi connectivity index (χ4v) is 5.33. The molecule has 2 bridgehead atoms. The predicted octanol–water partition coefficient (Wildman–Crippen LogP) is 3.84. The van der Waals surface area contributed by atoms with Gasteiger partial charge in [-0.3, -0.25) is 14.4 Å². The first kappa shape index (κ1) is 18.4. The molecule has 0 unspecified atom stereocenters. The minimum absolute atomic E-state index is 0.00665. The number of halogens is 1. The molecule has 5 atom stereocenters. The van der Waals surface area contributed by atoms with Crippen molar-refractivity contribution in [2.45, 2.75) is 18.9 Å². The van der Waals surface area contributed by atoms with Crippen molar-refractivity contribution >= 4 is 45.1 Å². The highest BCUT2D eigenvalue weighted by Crippen LogP contribution is 2.57. The second kappa shape index (κ2) is 6.99. The van der Waals surface area contributed by atoms with E-state index in [1.807, 2.05) is 12.1 Å². The SMILES string of the molecule is O=C(Nc1ccc(Br)cc1)c1cccc(NC(=O)[C@H]2[C@H]3C[C@@H]4[C@@H]2C(=O)O[C@@H]4C3)c1. The summed E-state index contributed by atoms with van der Waals surface area (Å²) in [6.45, 7) is 0. The van der Waals surface area contributed by atoms with Crippen LogP contribution in [-0.4, -0.2) is 23.9 Å². The van der Waals surface area contributed by atoms with E-state index in [0.717, 1.165) is 17.3 Å². The average molecular weight is 455 g/mol. The van der Waals surface area contributed by atoms with Crippen LogP contribution in [0, 0.1) is 23.7 Å². The molecule has 2 aromatic rings. The van der Waals surface area contributed by atoms with Crippen molar-refractivity contribution in [1.29, 1.82) is 0 Å². The fourth-order valence-electron chi connectivity index (χ4n) is 5.06. The number of ether oxygens (including phenoxy) is 1. The summed E-state index contributed by atoms with van der Waals surface area (Å²) < 4.78 is 6.34. The largest absolute Gasteiger partial charge is 0.462 e. The van der Waals surface area contributed by atoms with Gasteiger partial charge >= 0.3 is 5.97 Å². The lowest BCUT2D eigenvalue weighted by Crippen LogP contribution is -2.35. The molecule has 2 aromatic carbocycles. The lowest BCUT2D eigenvalue weighted by atomic mass is 9.79. The van der Waals surface area contributed by atoms with Crippen molar-refractivity contribution in [3.8, 4) is 0 Å². The minimum Gasteiger partial charge on any atom is -0.462 e. The summed E-state index contributed by atoms with van der Waals surface area (Å²) in [5.41, 5.74) is 1.67. The molecule has 0 spiro atoms. The first-order chi connectivity index (χ1) is 14.0. The van der Waals surface area contributed by atoms with Gasteiger partial charge in [0.1, 0.15) is 6.10 Å². The molecule has 0 aromatic heterocycles. The Bertz CT molecular complexity index is 1000. The second-order valence-corrected chi connectivity index (χ2v) is 8.87. The van der Waals surface area contributed by atoms with Crippen LogP contribution in [0.25, 0.3) is 0 Å². The first-order valence-electron chi connectivity index (χ1n) is 9.68. The maximum atomic E-state index is 12.9. The van der Waals surface area contributed by atoms with Gasteiger partial charge in [0.2, 0.25) is 5.91 Å². The smallest absolute Gasteiger partial charge is 0.310 e. The molecule has 2 amide bonds. The molecule has 3 fully saturated rings. The van der Waals surface area contributed by atoms with E-state index in [-0.39, 0.29) is 47.6 Å². The van der Waals surface area contributed by atoms with Crippen LogP contribution in [0.4, 0.5) is 11.4 Å². The van der Waals surface area contributed by atoms with Gasteiger partial charge in [-0.15, -0.1) is 0 Å². The van der Waals surface area contributed by atoms with Gasteiger partial charge in [-0.1, -0.05) is 22.0 Å². The van der Waals surface area contributed by atoms with Crippen LogP contribution in [0.3, 0.4) is 0 Å². The second-order valence-electron chi connectivity index (χ2n) is 7.95. The molecular weight excluding hydrogens is 436 g/mol. The summed E-state index contributed by atoms with van der Waals surface area (Å²) in [6.07, 6.45) is 1.67. The molecule has 29 heavy (non-hydrogen) atoms. The summed E-state index contributed by atoms with van der Waals surface area (Å²) in [5, 5.41) is 5.74. The van der Waals surface area contributed by atoms with Gasteiger partial charge in [0.25, 0.3) is 5.91 Å². The van der Waals surface area contributed by atoms with Crippen LogP contribution in [0.1, 0.15) is 23.2 Å². The third kappa shape index (κ3) is 3.23. The molecule has 0 radical (unpaired) electrons. The molecule has 3 aliphatic rings. The number of fused-ring (bicyclic) bond motifs is 1. The molecule has 1 heterocycles. The Balaban J connectivity index is 1.29. The Kier molecular flexibility index (Phi) is 4.42. The fraction of sp³-hybridized carbons (Fsp3) is 0.318. The van der Waals surface area contributed by atoms with E-state index in [1.54, 1.807) is 36.4 Å². The quantitative estimate of drug-likeness (QED) is 0.687. The molecule has 6 nitrogen and oxygen atoms in total. The van der Waals surface area contributed by atoms with Crippen molar-refractivity contribution in [1.82, 2.24) is 0 Å². The van der Waals surface area contributed by atoms with Crippen LogP contribution >= 0.6 is 15.9 Å². The number of carbonyl (C=O) groups excluding carboxylic acids is 3. The normalized spacial score (nSPS) is 28.9. The standard InChI is InChI=1S/C22H19BrN2O4/c23-13-4-6-14(7-5-13)24-20(26)11-2-1-3-15(8-11)25-21(27)18-12-9-16-17(10-12)29-22(28)19(16)18/h1-8,12,16-19H,9-10H2,(H,24,26)(H,25,27)/t12-,16-,17+,18-,19-/m0/s1. The molecule has 2 N–H and O–H groups in total. The number of esters is 1. The summed E-state index contributed by atoms with van der Waals surface area (Å²) >= 11 is 3.36. The van der Waals surface area contributed by atoms with Gasteiger partial charge in [-0.25, -0.2) is 0 Å². The van der Waals surface area contributed by atoms with Gasteiger partial charge in [-0.05, 0) is 61.2 Å². The maximum Gasteiger partial charge on any atom is 0.310 e. The van der Waals surface area contributed by atoms with E-state index in [1.165, 1.54) is 0 Å². The van der Waals surface area contributed by atoms with Crippen molar-refractivity contribution < 1.29 is 19.1 Å². The molecule has 2 aliphatic carbocycles. The Hall–Kier alpha value is -2.67. The summed E-state index contributed by atoms with van der Waals surface area (Å²) in [6, 6.07) is 14.1. The van der Waals surface area contributed by atoms with E-state index in [9.17, 15) is 14.4 Å². The molecule has 2 saturated carbocycles. The van der Waals surface area contributed by atoms with Crippen LogP contribution in [0.5, 0.6) is 0 Å². The van der Waals surface area contributed by atoms with Gasteiger partial charge in [0.15, 0.2) is 0 Å². The van der Waals surface area contributed by atoms with Crippen LogP contribution < -0.4 is 10.6 Å². The third-order valence-electron chi connectivity index (χ3n) is 6.28. The lowest BCUT2D eigenvalue weighted by molar-refractivity contribution is -0.145. The zero-order valence-corrected chi connectivity index (χ0v) is 17.0. The van der Waals surface area contributed by atoms with Crippen molar-refractivity contribution in [2.24, 2.45) is 23.7 Å². The number of nitrogens with one attached hydrogen (secondary N) is 2. The summed E-state index contributed by atoms with van der Waals surface area (Å²) in [7, 11) is 0. The predicted molar refractivity (Wildman–Crippen MR) is 110 cm³/mol. The number of benzene rings is 2. The molecule has 148 valence electrons. The molecule has 1 saturated heterocycles. The zero-order chi connectivity index (χ0) is 20.1. The number of amides is 2. The van der Waals surface area contributed by atoms with Crippen molar-refractivity contribution in [3.05, 3.63) is 58.6 Å². The van der Waals surface area contributed by atoms with Gasteiger partial charge in [0.05, 0.1) is 11.8 Å². The minimum atomic E-state index is -0.341. The van der Waals surface area contributed by atoms with Gasteiger partial charge in [0, 0.05) is 27.3 Å². The van der Waals surface area contributed by atoms with E-state index in [4.69, 9.17) is 4.74 Å². The van der Waals surface area contributed by atoms with Crippen LogP contribution in [0.15, 0.2) is 53.0 Å². The Labute approximate surface area is 176 Å². The van der Waals surface area contributed by atoms with E-state index < -0.39 is 0 Å². The Morgan fingerprint density at radius 2 is 1.79 bits per heavy atom. The number of hydrogen-bond acceptors (Lipinski definition) is 4. The van der Waals surface area contributed by atoms with E-state index in [2.05, 4.69) is 26.6 Å². The van der Waals surface area contributed by atoms with E-state index >= 15 is 0 Å². The molecular formula is C22H19BrN2O4. The van der Waals surface area contributed by atoms with Gasteiger partial charge < -0.3 is 15.4 Å². The number of rotatable bonds is 4. The highest BCUT2D eigenvalue weighted by molar-refractivity contribution is 9.10. The Morgan fingerprint density at radius 1 is 1.00 bits per heavy atom. The highest BCUT2D eigenvalue weighted by atomic mass is 79.9. The topological polar surface area (TPSA) is 84.5 Å². The zero-order valence-electron chi connectivity index (χ0n) is 15.4. The summed E-state index contributed by atoms with van der Waals surface area (Å²) in [4.78, 5) is 37.6. The number of hydrogen-bond donors (Lipinski definition) is 2.